The number of carbonyl (C=O) groups is 1. The first-order chi connectivity index (χ1) is 14.7. The number of nitrogens with one attached hydrogen (secondary N) is 3. The van der Waals surface area contributed by atoms with Crippen LogP contribution in [0.1, 0.15) is 47.3 Å². The number of benzene rings is 2. The summed E-state index contributed by atoms with van der Waals surface area (Å²) in [7, 11) is 0. The van der Waals surface area contributed by atoms with Gasteiger partial charge in [-0.15, -0.1) is 24.0 Å². The second-order valence-corrected chi connectivity index (χ2v) is 7.37. The summed E-state index contributed by atoms with van der Waals surface area (Å²) in [6, 6.07) is 14.1. The summed E-state index contributed by atoms with van der Waals surface area (Å²) in [5, 5.41) is 9.60. The van der Waals surface area contributed by atoms with Crippen molar-refractivity contribution in [3.63, 3.8) is 0 Å². The standard InChI is InChI=1S/C24H32N4O2.HI/c1-3-12-26-23(29)21-7-5-6-19(16-21)17-28-24(25-4-2)27-13-10-18-8-9-22-20(15-18)11-14-30-22;/h5-9,15-16H,3-4,10-14,17H2,1-2H3,(H,26,29)(H2,25,27,28);1H. The number of aliphatic imine (C=N–C) groups is 1. The molecule has 0 saturated carbocycles. The Morgan fingerprint density at radius 2 is 1.90 bits per heavy atom. The van der Waals surface area contributed by atoms with Gasteiger partial charge in [-0.05, 0) is 54.7 Å². The lowest BCUT2D eigenvalue weighted by Gasteiger charge is -2.12. The van der Waals surface area contributed by atoms with E-state index in [1.807, 2.05) is 31.2 Å². The molecule has 7 heteroatoms. The van der Waals surface area contributed by atoms with Gasteiger partial charge in [0.2, 0.25) is 0 Å². The average molecular weight is 536 g/mol. The fourth-order valence-corrected chi connectivity index (χ4v) is 3.38. The normalized spacial score (nSPS) is 12.4. The van der Waals surface area contributed by atoms with Gasteiger partial charge in [0.05, 0.1) is 13.2 Å². The molecule has 1 aliphatic rings. The fraction of sp³-hybridized carbons (Fsp3) is 0.417. The third kappa shape index (κ3) is 7.72. The van der Waals surface area contributed by atoms with Crippen LogP contribution < -0.4 is 20.7 Å². The molecule has 2 aromatic rings. The first-order valence-corrected chi connectivity index (χ1v) is 10.8. The molecule has 3 rings (SSSR count). The SMILES string of the molecule is CCCNC(=O)c1cccc(CN=C(NCC)NCCc2ccc3c(c2)CCO3)c1.I. The lowest BCUT2D eigenvalue weighted by Crippen LogP contribution is -2.38. The monoisotopic (exact) mass is 536 g/mol. The molecule has 2 aromatic carbocycles. The van der Waals surface area contributed by atoms with Crippen LogP contribution in [0.5, 0.6) is 5.75 Å². The van der Waals surface area contributed by atoms with Crippen molar-refractivity contribution in [2.24, 2.45) is 4.99 Å². The Labute approximate surface area is 202 Å². The van der Waals surface area contributed by atoms with Crippen molar-refractivity contribution < 1.29 is 9.53 Å². The minimum absolute atomic E-state index is 0. The van der Waals surface area contributed by atoms with Crippen LogP contribution in [0.15, 0.2) is 47.5 Å². The van der Waals surface area contributed by atoms with E-state index in [4.69, 9.17) is 4.74 Å². The Morgan fingerprint density at radius 1 is 1.03 bits per heavy atom. The predicted octanol–water partition coefficient (Wildman–Crippen LogP) is 3.68. The minimum Gasteiger partial charge on any atom is -0.493 e. The number of ether oxygens (including phenoxy) is 1. The molecule has 0 spiro atoms. The summed E-state index contributed by atoms with van der Waals surface area (Å²) in [6.07, 6.45) is 2.84. The molecule has 168 valence electrons. The maximum Gasteiger partial charge on any atom is 0.251 e. The molecule has 0 atom stereocenters. The van der Waals surface area contributed by atoms with Crippen LogP contribution in [0.2, 0.25) is 0 Å². The third-order valence-electron chi connectivity index (χ3n) is 4.95. The van der Waals surface area contributed by atoms with E-state index in [2.05, 4.69) is 46.1 Å². The zero-order valence-corrected chi connectivity index (χ0v) is 20.7. The van der Waals surface area contributed by atoms with Crippen LogP contribution in [0, 0.1) is 0 Å². The van der Waals surface area contributed by atoms with Crippen molar-refractivity contribution in [2.75, 3.05) is 26.2 Å². The first-order valence-electron chi connectivity index (χ1n) is 10.8. The number of fused-ring (bicyclic) bond motifs is 1. The van der Waals surface area contributed by atoms with Crippen LogP contribution in [-0.2, 0) is 19.4 Å². The molecule has 0 aliphatic carbocycles. The first kappa shape index (κ1) is 25.0. The summed E-state index contributed by atoms with van der Waals surface area (Å²) in [6.45, 7) is 7.67. The minimum atomic E-state index is -0.0348. The van der Waals surface area contributed by atoms with Gasteiger partial charge in [0.1, 0.15) is 5.75 Å². The summed E-state index contributed by atoms with van der Waals surface area (Å²) in [4.78, 5) is 16.8. The Bertz CT molecular complexity index is 886. The van der Waals surface area contributed by atoms with Crippen molar-refractivity contribution >= 4 is 35.8 Å². The molecule has 0 saturated heterocycles. The van der Waals surface area contributed by atoms with E-state index in [0.717, 1.165) is 56.2 Å². The van der Waals surface area contributed by atoms with Gasteiger partial charge in [0.15, 0.2) is 5.96 Å². The molecule has 3 N–H and O–H groups in total. The Hall–Kier alpha value is -2.29. The van der Waals surface area contributed by atoms with E-state index in [9.17, 15) is 4.79 Å². The highest BCUT2D eigenvalue weighted by molar-refractivity contribution is 14.0. The number of amides is 1. The largest absolute Gasteiger partial charge is 0.493 e. The Morgan fingerprint density at radius 3 is 2.71 bits per heavy atom. The Balaban J connectivity index is 0.00000341. The number of nitrogens with zero attached hydrogens (tertiary/aromatic N) is 1. The topological polar surface area (TPSA) is 74.8 Å². The molecule has 1 aliphatic heterocycles. The average Bonchev–Trinajstić information content (AvgIpc) is 3.24. The number of halogens is 1. The summed E-state index contributed by atoms with van der Waals surface area (Å²) in [5.41, 5.74) is 4.29. The smallest absolute Gasteiger partial charge is 0.251 e. The van der Waals surface area contributed by atoms with Crippen LogP contribution in [-0.4, -0.2) is 38.1 Å². The number of hydrogen-bond acceptors (Lipinski definition) is 3. The highest BCUT2D eigenvalue weighted by Gasteiger charge is 2.12. The summed E-state index contributed by atoms with van der Waals surface area (Å²) >= 11 is 0. The van der Waals surface area contributed by atoms with E-state index in [0.29, 0.717) is 18.7 Å². The quantitative estimate of drug-likeness (QED) is 0.260. The molecule has 0 unspecified atom stereocenters. The lowest BCUT2D eigenvalue weighted by molar-refractivity contribution is 0.0953. The van der Waals surface area contributed by atoms with Crippen LogP contribution in [0.3, 0.4) is 0 Å². The van der Waals surface area contributed by atoms with Crippen LogP contribution >= 0.6 is 24.0 Å². The molecule has 31 heavy (non-hydrogen) atoms. The number of guanidine groups is 1. The van der Waals surface area contributed by atoms with Crippen molar-refractivity contribution in [1.29, 1.82) is 0 Å². The van der Waals surface area contributed by atoms with Gasteiger partial charge in [0, 0.05) is 31.6 Å². The molecular formula is C24H33IN4O2. The van der Waals surface area contributed by atoms with Gasteiger partial charge in [-0.1, -0.05) is 31.2 Å². The predicted molar refractivity (Wildman–Crippen MR) is 137 cm³/mol. The summed E-state index contributed by atoms with van der Waals surface area (Å²) in [5.74, 6) is 1.77. The zero-order chi connectivity index (χ0) is 21.2. The fourth-order valence-electron chi connectivity index (χ4n) is 3.38. The maximum absolute atomic E-state index is 12.2. The highest BCUT2D eigenvalue weighted by atomic mass is 127. The van der Waals surface area contributed by atoms with Crippen LogP contribution in [0.4, 0.5) is 0 Å². The summed E-state index contributed by atoms with van der Waals surface area (Å²) < 4.78 is 5.57. The highest BCUT2D eigenvalue weighted by Crippen LogP contribution is 2.25. The molecule has 0 aromatic heterocycles. The van der Waals surface area contributed by atoms with Gasteiger partial charge >= 0.3 is 0 Å². The number of carbonyl (C=O) groups excluding carboxylic acids is 1. The van der Waals surface area contributed by atoms with Crippen molar-refractivity contribution in [2.45, 2.75) is 39.7 Å². The van der Waals surface area contributed by atoms with Gasteiger partial charge in [0.25, 0.3) is 5.91 Å². The van der Waals surface area contributed by atoms with Gasteiger partial charge in [-0.25, -0.2) is 4.99 Å². The molecule has 6 nitrogen and oxygen atoms in total. The Kier molecular flexibility index (Phi) is 10.6. The lowest BCUT2D eigenvalue weighted by atomic mass is 10.1. The van der Waals surface area contributed by atoms with Crippen LogP contribution in [0.25, 0.3) is 0 Å². The zero-order valence-electron chi connectivity index (χ0n) is 18.4. The van der Waals surface area contributed by atoms with E-state index in [1.54, 1.807) is 0 Å². The number of rotatable bonds is 9. The third-order valence-corrected chi connectivity index (χ3v) is 4.95. The van der Waals surface area contributed by atoms with Gasteiger partial charge in [-0.3, -0.25) is 4.79 Å². The molecule has 0 bridgehead atoms. The van der Waals surface area contributed by atoms with E-state index in [1.165, 1.54) is 11.1 Å². The molecular weight excluding hydrogens is 503 g/mol. The van der Waals surface area contributed by atoms with Gasteiger partial charge < -0.3 is 20.7 Å². The van der Waals surface area contributed by atoms with Gasteiger partial charge in [-0.2, -0.15) is 0 Å². The second-order valence-electron chi connectivity index (χ2n) is 7.37. The molecule has 1 heterocycles. The van der Waals surface area contributed by atoms with Crippen molar-refractivity contribution in [3.05, 3.63) is 64.7 Å². The van der Waals surface area contributed by atoms with Crippen molar-refractivity contribution in [3.8, 4) is 5.75 Å². The van der Waals surface area contributed by atoms with E-state index < -0.39 is 0 Å². The van der Waals surface area contributed by atoms with E-state index in [-0.39, 0.29) is 29.9 Å². The second kappa shape index (κ2) is 13.2. The maximum atomic E-state index is 12.2. The van der Waals surface area contributed by atoms with E-state index >= 15 is 0 Å². The molecule has 1 amide bonds. The molecule has 0 radical (unpaired) electrons. The van der Waals surface area contributed by atoms with Crippen molar-refractivity contribution in [1.82, 2.24) is 16.0 Å². The number of hydrogen-bond donors (Lipinski definition) is 3. The molecule has 0 fully saturated rings.